The number of nitrogen functional groups attached to an aromatic ring is 1. The van der Waals surface area contributed by atoms with Crippen molar-refractivity contribution in [3.05, 3.63) is 30.1 Å². The van der Waals surface area contributed by atoms with Crippen molar-refractivity contribution in [3.63, 3.8) is 0 Å². The van der Waals surface area contributed by atoms with E-state index in [0.29, 0.717) is 17.3 Å². The molecule has 0 aliphatic carbocycles. The summed E-state index contributed by atoms with van der Waals surface area (Å²) in [4.78, 5) is 4.28. The fourth-order valence-electron chi connectivity index (χ4n) is 2.29. The third-order valence-electron chi connectivity index (χ3n) is 3.01. The zero-order chi connectivity index (χ0) is 15.8. The van der Waals surface area contributed by atoms with E-state index in [9.17, 15) is 13.2 Å². The Morgan fingerprint density at radius 3 is 2.38 bits per heavy atom. The Bertz CT molecular complexity index is 647. The van der Waals surface area contributed by atoms with Gasteiger partial charge in [0.25, 0.3) is 0 Å². The molecule has 1 aromatic carbocycles. The highest BCUT2D eigenvalue weighted by Crippen LogP contribution is 2.37. The molecule has 0 unspecified atom stereocenters. The molecule has 114 valence electrons. The number of ether oxygens (including phenoxy) is 1. The maximum atomic E-state index is 12.5. The number of rotatable bonds is 3. The van der Waals surface area contributed by atoms with Crippen LogP contribution >= 0.6 is 0 Å². The van der Waals surface area contributed by atoms with E-state index in [1.165, 1.54) is 18.2 Å². The molecular weight excluding hydrogens is 283 g/mol. The van der Waals surface area contributed by atoms with Crippen LogP contribution in [0.5, 0.6) is 5.75 Å². The highest BCUT2D eigenvalue weighted by atomic mass is 19.4. The van der Waals surface area contributed by atoms with Gasteiger partial charge in [0, 0.05) is 11.6 Å². The molecule has 0 radical (unpaired) electrons. The highest BCUT2D eigenvalue weighted by Gasteiger charge is 2.32. The van der Waals surface area contributed by atoms with Gasteiger partial charge in [-0.3, -0.25) is 0 Å². The smallest absolute Gasteiger partial charge is 0.405 e. The minimum absolute atomic E-state index is 0.0574. The number of aryl methyl sites for hydroxylation is 1. The van der Waals surface area contributed by atoms with Crippen LogP contribution in [0.3, 0.4) is 0 Å². The van der Waals surface area contributed by atoms with E-state index in [4.69, 9.17) is 5.73 Å². The Balaban J connectivity index is 2.56. The van der Waals surface area contributed by atoms with E-state index in [2.05, 4.69) is 9.72 Å². The Hall–Kier alpha value is -2.18. The molecule has 2 N–H and O–H groups in total. The van der Waals surface area contributed by atoms with Gasteiger partial charge in [0.05, 0.1) is 0 Å². The number of nitrogens with zero attached hydrogens (tertiary/aromatic N) is 2. The Labute approximate surface area is 120 Å². The maximum Gasteiger partial charge on any atom is 0.573 e. The number of halogens is 3. The van der Waals surface area contributed by atoms with Crippen LogP contribution in [0.25, 0.3) is 11.3 Å². The maximum absolute atomic E-state index is 12.5. The molecule has 0 amide bonds. The predicted octanol–water partition coefficient (Wildman–Crippen LogP) is 3.92. The van der Waals surface area contributed by atoms with E-state index in [-0.39, 0.29) is 17.4 Å². The Morgan fingerprint density at radius 1 is 1.24 bits per heavy atom. The zero-order valence-corrected chi connectivity index (χ0v) is 11.9. The molecule has 2 aromatic rings. The number of nitrogens with two attached hydrogens (primary N) is 1. The topological polar surface area (TPSA) is 53.1 Å². The number of hydrogen-bond donors (Lipinski definition) is 1. The van der Waals surface area contributed by atoms with Gasteiger partial charge >= 0.3 is 6.36 Å². The summed E-state index contributed by atoms with van der Waals surface area (Å²) in [6.45, 7) is 5.60. The van der Waals surface area contributed by atoms with Crippen molar-refractivity contribution in [2.24, 2.45) is 0 Å². The molecule has 0 aliphatic rings. The number of imidazole rings is 1. The molecule has 4 nitrogen and oxygen atoms in total. The number of benzene rings is 1. The Morgan fingerprint density at radius 2 is 1.86 bits per heavy atom. The first kappa shape index (κ1) is 15.2. The largest absolute Gasteiger partial charge is 0.573 e. The summed E-state index contributed by atoms with van der Waals surface area (Å²) < 4.78 is 43.2. The van der Waals surface area contributed by atoms with Gasteiger partial charge in [-0.15, -0.1) is 13.2 Å². The second-order valence-electron chi connectivity index (χ2n) is 4.90. The van der Waals surface area contributed by atoms with Gasteiger partial charge in [0.15, 0.2) is 0 Å². The molecule has 0 bridgehead atoms. The number of hydrogen-bond acceptors (Lipinski definition) is 3. The summed E-state index contributed by atoms with van der Waals surface area (Å²) in [5.41, 5.74) is 6.54. The van der Waals surface area contributed by atoms with E-state index in [1.807, 2.05) is 13.8 Å². The normalized spacial score (nSPS) is 12.0. The highest BCUT2D eigenvalue weighted by molar-refractivity contribution is 5.76. The van der Waals surface area contributed by atoms with Gasteiger partial charge < -0.3 is 15.0 Å². The molecule has 7 heteroatoms. The van der Waals surface area contributed by atoms with Gasteiger partial charge in [-0.25, -0.2) is 4.98 Å². The summed E-state index contributed by atoms with van der Waals surface area (Å²) in [6, 6.07) is 5.88. The van der Waals surface area contributed by atoms with Crippen molar-refractivity contribution in [3.8, 4) is 17.0 Å². The summed E-state index contributed by atoms with van der Waals surface area (Å²) in [5.74, 6) is 0.644. The lowest BCUT2D eigenvalue weighted by atomic mass is 10.1. The molecule has 1 aromatic heterocycles. The van der Waals surface area contributed by atoms with Gasteiger partial charge in [0.1, 0.15) is 23.1 Å². The average molecular weight is 299 g/mol. The fourth-order valence-corrected chi connectivity index (χ4v) is 2.29. The number of para-hydroxylation sites is 1. The van der Waals surface area contributed by atoms with Crippen LogP contribution in [-0.4, -0.2) is 15.9 Å². The first-order chi connectivity index (χ1) is 9.70. The molecule has 0 atom stereocenters. The first-order valence-electron chi connectivity index (χ1n) is 6.40. The standard InChI is InChI=1S/C14H16F3N3O/c1-8(2)20-9(3)19-12(13(20)18)10-6-4-5-7-11(10)21-14(15,16)17/h4-8H,18H2,1-3H3. The predicted molar refractivity (Wildman–Crippen MR) is 73.9 cm³/mol. The summed E-state index contributed by atoms with van der Waals surface area (Å²) in [6.07, 6.45) is -4.76. The van der Waals surface area contributed by atoms with Crippen molar-refractivity contribution >= 4 is 5.82 Å². The van der Waals surface area contributed by atoms with Crippen molar-refractivity contribution in [2.45, 2.75) is 33.2 Å². The molecule has 0 aliphatic heterocycles. The second-order valence-corrected chi connectivity index (χ2v) is 4.90. The lowest BCUT2D eigenvalue weighted by molar-refractivity contribution is -0.274. The van der Waals surface area contributed by atoms with Crippen LogP contribution in [0.1, 0.15) is 25.7 Å². The van der Waals surface area contributed by atoms with Crippen molar-refractivity contribution in [1.29, 1.82) is 0 Å². The second kappa shape index (κ2) is 5.31. The third-order valence-corrected chi connectivity index (χ3v) is 3.01. The lowest BCUT2D eigenvalue weighted by Crippen LogP contribution is -2.17. The van der Waals surface area contributed by atoms with Crippen LogP contribution in [0.2, 0.25) is 0 Å². The van der Waals surface area contributed by atoms with Crippen LogP contribution in [-0.2, 0) is 0 Å². The fraction of sp³-hybridized carbons (Fsp3) is 0.357. The van der Waals surface area contributed by atoms with E-state index in [0.717, 1.165) is 0 Å². The molecule has 0 saturated heterocycles. The van der Waals surface area contributed by atoms with Gasteiger partial charge in [-0.05, 0) is 32.9 Å². The molecule has 1 heterocycles. The molecule has 0 spiro atoms. The van der Waals surface area contributed by atoms with Crippen LogP contribution < -0.4 is 10.5 Å². The van der Waals surface area contributed by atoms with E-state index in [1.54, 1.807) is 17.6 Å². The minimum atomic E-state index is -4.76. The third kappa shape index (κ3) is 3.12. The Kier molecular flexibility index (Phi) is 3.85. The summed E-state index contributed by atoms with van der Waals surface area (Å²) in [5, 5.41) is 0. The quantitative estimate of drug-likeness (QED) is 0.934. The molecule has 2 rings (SSSR count). The van der Waals surface area contributed by atoms with Crippen LogP contribution in [0.4, 0.5) is 19.0 Å². The number of alkyl halides is 3. The zero-order valence-electron chi connectivity index (χ0n) is 11.9. The minimum Gasteiger partial charge on any atom is -0.405 e. The van der Waals surface area contributed by atoms with E-state index < -0.39 is 6.36 Å². The molecule has 21 heavy (non-hydrogen) atoms. The van der Waals surface area contributed by atoms with Crippen LogP contribution in [0.15, 0.2) is 24.3 Å². The van der Waals surface area contributed by atoms with Crippen molar-refractivity contribution < 1.29 is 17.9 Å². The first-order valence-corrected chi connectivity index (χ1v) is 6.40. The average Bonchev–Trinajstić information content (AvgIpc) is 2.63. The summed E-state index contributed by atoms with van der Waals surface area (Å²) in [7, 11) is 0. The van der Waals surface area contributed by atoms with Gasteiger partial charge in [-0.2, -0.15) is 0 Å². The monoisotopic (exact) mass is 299 g/mol. The number of aromatic nitrogens is 2. The lowest BCUT2D eigenvalue weighted by Gasteiger charge is -2.13. The van der Waals surface area contributed by atoms with Crippen LogP contribution in [0, 0.1) is 6.92 Å². The van der Waals surface area contributed by atoms with Crippen molar-refractivity contribution in [2.75, 3.05) is 5.73 Å². The van der Waals surface area contributed by atoms with E-state index >= 15 is 0 Å². The van der Waals surface area contributed by atoms with Crippen molar-refractivity contribution in [1.82, 2.24) is 9.55 Å². The molecule has 0 saturated carbocycles. The molecular formula is C14H16F3N3O. The summed E-state index contributed by atoms with van der Waals surface area (Å²) >= 11 is 0. The molecule has 0 fully saturated rings. The van der Waals surface area contributed by atoms with Gasteiger partial charge in [0.2, 0.25) is 0 Å². The van der Waals surface area contributed by atoms with Gasteiger partial charge in [-0.1, -0.05) is 12.1 Å². The number of anilines is 1. The SMILES string of the molecule is Cc1nc(-c2ccccc2OC(F)(F)F)c(N)n1C(C)C.